The van der Waals surface area contributed by atoms with Crippen LogP contribution in [0.4, 0.5) is 4.39 Å². The Morgan fingerprint density at radius 1 is 1.00 bits per heavy atom. The zero-order valence-corrected chi connectivity index (χ0v) is 11.9. The van der Waals surface area contributed by atoms with Gasteiger partial charge >= 0.3 is 0 Å². The maximum atomic E-state index is 13.4. The average molecular weight is 229 g/mol. The van der Waals surface area contributed by atoms with Gasteiger partial charge < -0.3 is 0 Å². The van der Waals surface area contributed by atoms with Gasteiger partial charge in [0.05, 0.1) is 6.67 Å². The summed E-state index contributed by atoms with van der Waals surface area (Å²) in [5.74, 6) is 0. The molecule has 16 heavy (non-hydrogen) atoms. The number of rotatable bonds is 1. The predicted octanol–water partition coefficient (Wildman–Crippen LogP) is 3.88. The lowest BCUT2D eigenvalue weighted by Crippen LogP contribution is -2.53. The molecule has 1 aliphatic heterocycles. The van der Waals surface area contributed by atoms with Crippen LogP contribution in [-0.4, -0.2) is 30.2 Å². The van der Waals surface area contributed by atoms with E-state index in [1.54, 1.807) is 0 Å². The monoisotopic (exact) mass is 229 g/mol. The third kappa shape index (κ3) is 2.58. The summed E-state index contributed by atoms with van der Waals surface area (Å²) in [7, 11) is 0. The summed E-state index contributed by atoms with van der Waals surface area (Å²) in [4.78, 5) is 2.48. The molecule has 0 aliphatic carbocycles. The van der Waals surface area contributed by atoms with Crippen molar-refractivity contribution in [2.24, 2.45) is 10.8 Å². The van der Waals surface area contributed by atoms with Crippen molar-refractivity contribution in [1.82, 2.24) is 4.90 Å². The Morgan fingerprint density at radius 3 is 1.69 bits per heavy atom. The van der Waals surface area contributed by atoms with Crippen molar-refractivity contribution in [1.29, 1.82) is 0 Å². The minimum absolute atomic E-state index is 0.0751. The molecule has 1 heterocycles. The number of halogens is 1. The molecule has 0 amide bonds. The van der Waals surface area contributed by atoms with E-state index in [1.165, 1.54) is 0 Å². The normalized spacial score (nSPS) is 23.4. The van der Waals surface area contributed by atoms with Crippen LogP contribution in [0.1, 0.15) is 54.4 Å². The first-order chi connectivity index (χ1) is 7.12. The molecule has 0 aromatic carbocycles. The number of hydrogen-bond donors (Lipinski definition) is 0. The van der Waals surface area contributed by atoms with E-state index in [9.17, 15) is 4.39 Å². The van der Waals surface area contributed by atoms with Crippen LogP contribution >= 0.6 is 0 Å². The standard InChI is InChI=1S/C14H28FN/c1-12(2,3)14(11-15)7-9-16(10-8-14)13(4,5)6/h7-11H2,1-6H3. The zero-order valence-electron chi connectivity index (χ0n) is 11.9. The van der Waals surface area contributed by atoms with Crippen LogP contribution in [0.2, 0.25) is 0 Å². The fourth-order valence-corrected chi connectivity index (χ4v) is 2.69. The maximum absolute atomic E-state index is 13.4. The van der Waals surface area contributed by atoms with Crippen LogP contribution in [-0.2, 0) is 0 Å². The SMILES string of the molecule is CC(C)(C)N1CCC(CF)(C(C)(C)C)CC1. The van der Waals surface area contributed by atoms with Gasteiger partial charge in [0.1, 0.15) is 0 Å². The summed E-state index contributed by atoms with van der Waals surface area (Å²) in [5, 5.41) is 0. The summed E-state index contributed by atoms with van der Waals surface area (Å²) in [6.07, 6.45) is 1.98. The molecule has 2 heteroatoms. The minimum atomic E-state index is -0.172. The fourth-order valence-electron chi connectivity index (χ4n) is 2.69. The van der Waals surface area contributed by atoms with Gasteiger partial charge in [-0.15, -0.1) is 0 Å². The Balaban J connectivity index is 2.72. The largest absolute Gasteiger partial charge is 0.298 e. The molecule has 0 aromatic heterocycles. The minimum Gasteiger partial charge on any atom is -0.298 e. The third-order valence-electron chi connectivity index (χ3n) is 4.52. The summed E-state index contributed by atoms with van der Waals surface area (Å²) in [5.41, 5.74) is 0.195. The van der Waals surface area contributed by atoms with Crippen molar-refractivity contribution < 1.29 is 4.39 Å². The molecule has 96 valence electrons. The van der Waals surface area contributed by atoms with E-state index in [1.807, 2.05) is 0 Å². The van der Waals surface area contributed by atoms with Crippen LogP contribution in [0.25, 0.3) is 0 Å². The number of nitrogens with zero attached hydrogens (tertiary/aromatic N) is 1. The molecule has 0 spiro atoms. The van der Waals surface area contributed by atoms with Crippen molar-refractivity contribution in [2.45, 2.75) is 59.9 Å². The van der Waals surface area contributed by atoms with E-state index in [-0.39, 0.29) is 23.0 Å². The van der Waals surface area contributed by atoms with Gasteiger partial charge in [-0.3, -0.25) is 9.29 Å². The van der Waals surface area contributed by atoms with Gasteiger partial charge in [0, 0.05) is 11.0 Å². The first kappa shape index (κ1) is 14.0. The van der Waals surface area contributed by atoms with Crippen LogP contribution < -0.4 is 0 Å². The maximum Gasteiger partial charge on any atom is 0.0956 e. The van der Waals surface area contributed by atoms with Crippen LogP contribution in [0.5, 0.6) is 0 Å². The van der Waals surface area contributed by atoms with Crippen molar-refractivity contribution in [3.05, 3.63) is 0 Å². The Hall–Kier alpha value is -0.110. The van der Waals surface area contributed by atoms with E-state index in [4.69, 9.17) is 0 Å². The smallest absolute Gasteiger partial charge is 0.0956 e. The van der Waals surface area contributed by atoms with Gasteiger partial charge in [-0.05, 0) is 52.1 Å². The van der Waals surface area contributed by atoms with E-state index < -0.39 is 0 Å². The van der Waals surface area contributed by atoms with Crippen LogP contribution in [0, 0.1) is 10.8 Å². The number of alkyl halides is 1. The summed E-state index contributed by atoms with van der Waals surface area (Å²) >= 11 is 0. The molecule has 1 rings (SSSR count). The topological polar surface area (TPSA) is 3.24 Å². The molecule has 1 nitrogen and oxygen atoms in total. The Morgan fingerprint density at radius 2 is 1.44 bits per heavy atom. The van der Waals surface area contributed by atoms with Crippen molar-refractivity contribution in [2.75, 3.05) is 19.8 Å². The molecule has 0 saturated carbocycles. The quantitative estimate of drug-likeness (QED) is 0.659. The molecular formula is C14H28FN. The number of likely N-dealkylation sites (tertiary alicyclic amines) is 1. The highest BCUT2D eigenvalue weighted by atomic mass is 19.1. The number of piperidine rings is 1. The van der Waals surface area contributed by atoms with E-state index in [2.05, 4.69) is 46.4 Å². The third-order valence-corrected chi connectivity index (χ3v) is 4.52. The highest BCUT2D eigenvalue weighted by Gasteiger charge is 2.45. The van der Waals surface area contributed by atoms with E-state index in [0.29, 0.717) is 0 Å². The first-order valence-corrected chi connectivity index (χ1v) is 6.43. The van der Waals surface area contributed by atoms with Gasteiger partial charge in [0.25, 0.3) is 0 Å². The highest BCUT2D eigenvalue weighted by Crippen LogP contribution is 2.47. The second-order valence-corrected chi connectivity index (χ2v) is 7.32. The molecule has 0 bridgehead atoms. The van der Waals surface area contributed by atoms with Gasteiger partial charge in [-0.2, -0.15) is 0 Å². The molecule has 1 fully saturated rings. The van der Waals surface area contributed by atoms with Crippen molar-refractivity contribution in [3.8, 4) is 0 Å². The molecule has 1 saturated heterocycles. The molecule has 0 aromatic rings. The van der Waals surface area contributed by atoms with Gasteiger partial charge in [-0.1, -0.05) is 20.8 Å². The van der Waals surface area contributed by atoms with E-state index >= 15 is 0 Å². The molecule has 0 unspecified atom stereocenters. The van der Waals surface area contributed by atoms with Crippen molar-refractivity contribution in [3.63, 3.8) is 0 Å². The molecule has 1 aliphatic rings. The second kappa shape index (κ2) is 4.29. The van der Waals surface area contributed by atoms with Crippen molar-refractivity contribution >= 4 is 0 Å². The Kier molecular flexibility index (Phi) is 3.74. The second-order valence-electron chi connectivity index (χ2n) is 7.32. The van der Waals surface area contributed by atoms with Gasteiger partial charge in [0.2, 0.25) is 0 Å². The Bertz CT molecular complexity index is 226. The van der Waals surface area contributed by atoms with Gasteiger partial charge in [0.15, 0.2) is 0 Å². The van der Waals surface area contributed by atoms with Crippen LogP contribution in [0.15, 0.2) is 0 Å². The predicted molar refractivity (Wildman–Crippen MR) is 68.4 cm³/mol. The highest BCUT2D eigenvalue weighted by molar-refractivity contribution is 4.96. The lowest BCUT2D eigenvalue weighted by molar-refractivity contribution is -0.0371. The molecule has 0 radical (unpaired) electrons. The zero-order chi connectivity index (χ0) is 12.6. The average Bonchev–Trinajstić information content (AvgIpc) is 2.14. The first-order valence-electron chi connectivity index (χ1n) is 6.43. The van der Waals surface area contributed by atoms with E-state index in [0.717, 1.165) is 25.9 Å². The molecular weight excluding hydrogens is 201 g/mol. The summed E-state index contributed by atoms with van der Waals surface area (Å²) < 4.78 is 13.4. The summed E-state index contributed by atoms with van der Waals surface area (Å²) in [6.45, 7) is 15.2. The lowest BCUT2D eigenvalue weighted by atomic mass is 9.62. The molecule has 0 N–H and O–H groups in total. The Labute approximate surface area is 100 Å². The summed E-state index contributed by atoms with van der Waals surface area (Å²) in [6, 6.07) is 0. The molecule has 0 atom stereocenters. The van der Waals surface area contributed by atoms with Crippen LogP contribution in [0.3, 0.4) is 0 Å². The lowest BCUT2D eigenvalue weighted by Gasteiger charge is -2.51. The van der Waals surface area contributed by atoms with Gasteiger partial charge in [-0.25, -0.2) is 0 Å². The number of hydrogen-bond acceptors (Lipinski definition) is 1. The fraction of sp³-hybridized carbons (Fsp3) is 1.00.